The van der Waals surface area contributed by atoms with Crippen molar-refractivity contribution in [2.45, 2.75) is 45.8 Å². The number of aryl methyl sites for hydroxylation is 1. The van der Waals surface area contributed by atoms with Crippen LogP contribution in [-0.2, 0) is 20.8 Å². The number of halogens is 2. The smallest absolute Gasteiger partial charge is 0.337 e. The van der Waals surface area contributed by atoms with Crippen molar-refractivity contribution in [1.29, 1.82) is 0 Å². The average Bonchev–Trinajstić information content (AvgIpc) is 3.09. The lowest BCUT2D eigenvalue weighted by Gasteiger charge is -2.19. The van der Waals surface area contributed by atoms with Crippen LogP contribution < -0.4 is 0 Å². The van der Waals surface area contributed by atoms with E-state index in [1.54, 1.807) is 42.5 Å². The largest absolute Gasteiger partial charge is 0.465 e. The predicted octanol–water partition coefficient (Wildman–Crippen LogP) is 5.91. The summed E-state index contributed by atoms with van der Waals surface area (Å²) in [6.07, 6.45) is 3.99. The Hall–Kier alpha value is -3.19. The van der Waals surface area contributed by atoms with Crippen LogP contribution >= 0.6 is 11.6 Å². The first kappa shape index (κ1) is 24.5. The number of hydrogen-bond donors (Lipinski definition) is 0. The highest BCUT2D eigenvalue weighted by Gasteiger charge is 2.17. The summed E-state index contributed by atoms with van der Waals surface area (Å²) in [6, 6.07) is 9.81. The third-order valence-corrected chi connectivity index (χ3v) is 5.07. The lowest BCUT2D eigenvalue weighted by Crippen LogP contribution is -2.23. The molecule has 6 nitrogen and oxygen atoms in total. The third kappa shape index (κ3) is 6.20. The molecule has 1 heterocycles. The maximum absolute atomic E-state index is 14.3. The van der Waals surface area contributed by atoms with Crippen molar-refractivity contribution in [2.75, 3.05) is 7.11 Å². The number of methoxy groups -OCH3 is 1. The molecule has 0 atom stereocenters. The van der Waals surface area contributed by atoms with E-state index in [1.807, 2.05) is 25.3 Å². The third-order valence-electron chi connectivity index (χ3n) is 4.77. The van der Waals surface area contributed by atoms with Crippen molar-refractivity contribution in [3.05, 3.63) is 64.2 Å². The Morgan fingerprint density at radius 1 is 1.18 bits per heavy atom. The molecule has 0 N–H and O–H groups in total. The number of aromatic nitrogens is 2. The molecule has 33 heavy (non-hydrogen) atoms. The fourth-order valence-corrected chi connectivity index (χ4v) is 3.52. The van der Waals surface area contributed by atoms with Gasteiger partial charge >= 0.3 is 11.9 Å². The number of fused-ring (bicyclic) bond motifs is 1. The number of rotatable bonds is 7. The van der Waals surface area contributed by atoms with Gasteiger partial charge in [-0.25, -0.2) is 14.2 Å². The quantitative estimate of drug-likeness (QED) is 0.400. The lowest BCUT2D eigenvalue weighted by molar-refractivity contribution is -0.154. The summed E-state index contributed by atoms with van der Waals surface area (Å²) >= 11 is 5.88. The second-order valence-corrected chi connectivity index (χ2v) is 8.89. The number of benzene rings is 2. The van der Waals surface area contributed by atoms with Gasteiger partial charge in [-0.05, 0) is 63.6 Å². The van der Waals surface area contributed by atoms with Gasteiger partial charge in [-0.1, -0.05) is 23.7 Å². The van der Waals surface area contributed by atoms with E-state index in [4.69, 9.17) is 21.1 Å². The SMILES string of the molecule is COC(=O)c1ccc2nc(/C=C/c3cccc(Cl)c3F)n(CCCC(=O)OC(C)(C)C)c2c1. The van der Waals surface area contributed by atoms with Crippen molar-refractivity contribution in [2.24, 2.45) is 0 Å². The molecule has 0 radical (unpaired) electrons. The molecule has 3 rings (SSSR count). The molecule has 0 unspecified atom stereocenters. The van der Waals surface area contributed by atoms with Gasteiger partial charge in [-0.2, -0.15) is 0 Å². The van der Waals surface area contributed by atoms with Gasteiger partial charge in [0.25, 0.3) is 0 Å². The van der Waals surface area contributed by atoms with E-state index in [2.05, 4.69) is 4.98 Å². The number of esters is 2. The van der Waals surface area contributed by atoms with E-state index >= 15 is 0 Å². The Labute approximate surface area is 197 Å². The van der Waals surface area contributed by atoms with E-state index in [9.17, 15) is 14.0 Å². The summed E-state index contributed by atoms with van der Waals surface area (Å²) in [5.74, 6) is -0.719. The van der Waals surface area contributed by atoms with E-state index in [-0.39, 0.29) is 17.4 Å². The number of imidazole rings is 1. The fraction of sp³-hybridized carbons (Fsp3) is 0.320. The summed E-state index contributed by atoms with van der Waals surface area (Å²) in [5, 5.41) is 0.0331. The molecule has 0 aliphatic rings. The molecule has 0 spiro atoms. The topological polar surface area (TPSA) is 70.4 Å². The summed E-state index contributed by atoms with van der Waals surface area (Å²) in [5.41, 5.74) is 1.52. The Balaban J connectivity index is 1.94. The fourth-order valence-electron chi connectivity index (χ4n) is 3.34. The Morgan fingerprint density at radius 2 is 1.94 bits per heavy atom. The molecule has 0 saturated heterocycles. The van der Waals surface area contributed by atoms with E-state index in [1.165, 1.54) is 13.2 Å². The molecule has 3 aromatic rings. The van der Waals surface area contributed by atoms with Crippen LogP contribution in [0.15, 0.2) is 36.4 Å². The van der Waals surface area contributed by atoms with Crippen LogP contribution in [0.4, 0.5) is 4.39 Å². The first-order chi connectivity index (χ1) is 15.6. The summed E-state index contributed by atoms with van der Waals surface area (Å²) in [6.45, 7) is 5.90. The molecule has 0 aliphatic carbocycles. The molecule has 0 aliphatic heterocycles. The van der Waals surface area contributed by atoms with Crippen molar-refractivity contribution in [1.82, 2.24) is 9.55 Å². The van der Waals surface area contributed by atoms with Gasteiger partial charge in [0.05, 0.1) is 28.7 Å². The van der Waals surface area contributed by atoms with E-state index in [0.29, 0.717) is 41.0 Å². The minimum absolute atomic E-state index is 0.0331. The molecule has 8 heteroatoms. The molecule has 0 saturated carbocycles. The van der Waals surface area contributed by atoms with Gasteiger partial charge in [0, 0.05) is 18.5 Å². The number of ether oxygens (including phenoxy) is 2. The van der Waals surface area contributed by atoms with Gasteiger partial charge in [0.1, 0.15) is 17.2 Å². The van der Waals surface area contributed by atoms with Gasteiger partial charge in [0.15, 0.2) is 0 Å². The van der Waals surface area contributed by atoms with Crippen molar-refractivity contribution < 1.29 is 23.5 Å². The molecule has 0 bridgehead atoms. The van der Waals surface area contributed by atoms with E-state index < -0.39 is 17.4 Å². The van der Waals surface area contributed by atoms with Crippen LogP contribution in [0.5, 0.6) is 0 Å². The number of hydrogen-bond acceptors (Lipinski definition) is 5. The zero-order valence-electron chi connectivity index (χ0n) is 19.0. The molecule has 0 amide bonds. The van der Waals surface area contributed by atoms with Crippen LogP contribution in [0.1, 0.15) is 55.4 Å². The Kier molecular flexibility index (Phi) is 7.53. The maximum atomic E-state index is 14.3. The van der Waals surface area contributed by atoms with Crippen LogP contribution in [0.3, 0.4) is 0 Å². The summed E-state index contributed by atoms with van der Waals surface area (Å²) < 4.78 is 26.4. The Morgan fingerprint density at radius 3 is 2.64 bits per heavy atom. The maximum Gasteiger partial charge on any atom is 0.337 e. The lowest BCUT2D eigenvalue weighted by atomic mass is 10.2. The zero-order valence-corrected chi connectivity index (χ0v) is 19.8. The average molecular weight is 473 g/mol. The molecule has 174 valence electrons. The highest BCUT2D eigenvalue weighted by atomic mass is 35.5. The molecular formula is C25H26ClFN2O4. The summed E-state index contributed by atoms with van der Waals surface area (Å²) in [4.78, 5) is 28.7. The van der Waals surface area contributed by atoms with Crippen LogP contribution in [0.25, 0.3) is 23.2 Å². The first-order valence-electron chi connectivity index (χ1n) is 10.5. The van der Waals surface area contributed by atoms with Crippen LogP contribution in [-0.4, -0.2) is 34.2 Å². The first-order valence-corrected chi connectivity index (χ1v) is 10.9. The van der Waals surface area contributed by atoms with Crippen molar-refractivity contribution in [3.63, 3.8) is 0 Å². The number of nitrogens with zero attached hydrogens (tertiary/aromatic N) is 2. The van der Waals surface area contributed by atoms with Crippen molar-refractivity contribution >= 4 is 46.7 Å². The normalized spacial score (nSPS) is 11.8. The Bertz CT molecular complexity index is 1210. The zero-order chi connectivity index (χ0) is 24.2. The highest BCUT2D eigenvalue weighted by Crippen LogP contribution is 2.23. The highest BCUT2D eigenvalue weighted by molar-refractivity contribution is 6.30. The van der Waals surface area contributed by atoms with Gasteiger partial charge in [-0.3, -0.25) is 4.79 Å². The minimum atomic E-state index is -0.552. The van der Waals surface area contributed by atoms with Gasteiger partial charge < -0.3 is 14.0 Å². The second kappa shape index (κ2) is 10.2. The number of carbonyl (C=O) groups excluding carboxylic acids is 2. The molecule has 1 aromatic heterocycles. The van der Waals surface area contributed by atoms with Crippen molar-refractivity contribution in [3.8, 4) is 0 Å². The minimum Gasteiger partial charge on any atom is -0.465 e. The molecule has 2 aromatic carbocycles. The van der Waals surface area contributed by atoms with Gasteiger partial charge in [0.2, 0.25) is 0 Å². The number of carbonyl (C=O) groups is 2. The van der Waals surface area contributed by atoms with Gasteiger partial charge in [-0.15, -0.1) is 0 Å². The standard InChI is InChI=1S/C25H26ClFN2O4/c1-25(2,3)33-22(30)9-6-14-29-20-15-17(24(31)32-4)10-12-19(20)28-21(29)13-11-16-7-5-8-18(26)23(16)27/h5,7-8,10-13,15H,6,9,14H2,1-4H3/b13-11+. The van der Waals surface area contributed by atoms with Crippen LogP contribution in [0.2, 0.25) is 5.02 Å². The second-order valence-electron chi connectivity index (χ2n) is 8.48. The van der Waals surface area contributed by atoms with E-state index in [0.717, 1.165) is 0 Å². The molecular weight excluding hydrogens is 447 g/mol. The van der Waals surface area contributed by atoms with Crippen LogP contribution in [0, 0.1) is 5.82 Å². The predicted molar refractivity (Wildman–Crippen MR) is 126 cm³/mol. The molecule has 0 fully saturated rings. The summed E-state index contributed by atoms with van der Waals surface area (Å²) in [7, 11) is 1.32. The monoisotopic (exact) mass is 472 g/mol.